The molecule has 0 heterocycles. The minimum absolute atomic E-state index is 0.198. The Morgan fingerprint density at radius 2 is 1.79 bits per heavy atom. The van der Waals surface area contributed by atoms with E-state index in [-0.39, 0.29) is 6.04 Å². The molecule has 0 aromatic heterocycles. The number of methoxy groups -OCH3 is 1. The van der Waals surface area contributed by atoms with Crippen molar-refractivity contribution in [2.24, 2.45) is 5.92 Å². The average molecular weight is 285 g/mol. The lowest BCUT2D eigenvalue weighted by atomic mass is 10.1. The first-order chi connectivity index (χ1) is 8.85. The summed E-state index contributed by atoms with van der Waals surface area (Å²) in [6, 6.07) is 6.63. The largest absolute Gasteiger partial charge is 0.383 e. The summed E-state index contributed by atoms with van der Waals surface area (Å²) < 4.78 is 32.3. The van der Waals surface area contributed by atoms with Crippen molar-refractivity contribution >= 4 is 10.0 Å². The first-order valence-corrected chi connectivity index (χ1v) is 7.91. The van der Waals surface area contributed by atoms with E-state index in [4.69, 9.17) is 4.74 Å². The van der Waals surface area contributed by atoms with Gasteiger partial charge in [-0.25, -0.2) is 13.1 Å². The van der Waals surface area contributed by atoms with E-state index in [9.17, 15) is 8.42 Å². The summed E-state index contributed by atoms with van der Waals surface area (Å²) in [6.07, 6.45) is 0.749. The summed E-state index contributed by atoms with van der Waals surface area (Å²) in [7, 11) is -1.90. The normalized spacial score (nSPS) is 13.7. The maximum absolute atomic E-state index is 12.2. The van der Waals surface area contributed by atoms with Gasteiger partial charge in [0.15, 0.2) is 0 Å². The second-order valence-corrected chi connectivity index (χ2v) is 6.93. The Kier molecular flexibility index (Phi) is 5.97. The quantitative estimate of drug-likeness (QED) is 0.836. The molecule has 0 saturated carbocycles. The minimum atomic E-state index is -3.47. The molecule has 0 spiro atoms. The van der Waals surface area contributed by atoms with Crippen LogP contribution in [0.25, 0.3) is 0 Å². The van der Waals surface area contributed by atoms with Crippen LogP contribution in [0.5, 0.6) is 0 Å². The highest BCUT2D eigenvalue weighted by Gasteiger charge is 2.20. The van der Waals surface area contributed by atoms with E-state index in [0.29, 0.717) is 17.4 Å². The Labute approximate surface area is 116 Å². The van der Waals surface area contributed by atoms with Crippen LogP contribution in [-0.2, 0) is 14.8 Å². The van der Waals surface area contributed by atoms with E-state index in [1.807, 2.05) is 6.92 Å². The first kappa shape index (κ1) is 16.1. The van der Waals surface area contributed by atoms with Crippen LogP contribution in [0.1, 0.15) is 25.8 Å². The van der Waals surface area contributed by atoms with Crippen molar-refractivity contribution in [2.45, 2.75) is 38.1 Å². The van der Waals surface area contributed by atoms with Gasteiger partial charge in [0.2, 0.25) is 10.0 Å². The van der Waals surface area contributed by atoms with E-state index in [1.165, 1.54) is 0 Å². The van der Waals surface area contributed by atoms with Crippen LogP contribution >= 0.6 is 0 Å². The van der Waals surface area contributed by atoms with Gasteiger partial charge in [-0.2, -0.15) is 0 Å². The Bertz CT molecular complexity index is 480. The molecule has 19 heavy (non-hydrogen) atoms. The van der Waals surface area contributed by atoms with Gasteiger partial charge in [-0.15, -0.1) is 0 Å². The van der Waals surface area contributed by atoms with Crippen molar-refractivity contribution < 1.29 is 13.2 Å². The average Bonchev–Trinajstić information content (AvgIpc) is 2.28. The lowest BCUT2D eigenvalue weighted by molar-refractivity contribution is 0.166. The van der Waals surface area contributed by atoms with Crippen LogP contribution < -0.4 is 4.72 Å². The predicted octanol–water partition coefficient (Wildman–Crippen LogP) is 2.33. The zero-order valence-corrected chi connectivity index (χ0v) is 12.8. The Hall–Kier alpha value is -0.910. The molecular formula is C14H23NO3S. The fourth-order valence-electron chi connectivity index (χ4n) is 1.93. The molecule has 5 heteroatoms. The van der Waals surface area contributed by atoms with E-state index in [1.54, 1.807) is 31.4 Å². The van der Waals surface area contributed by atoms with Gasteiger partial charge >= 0.3 is 0 Å². The fourth-order valence-corrected chi connectivity index (χ4v) is 3.16. The second kappa shape index (κ2) is 7.03. The van der Waals surface area contributed by atoms with Gasteiger partial charge in [0.25, 0.3) is 0 Å². The van der Waals surface area contributed by atoms with Gasteiger partial charge in [-0.3, -0.25) is 0 Å². The van der Waals surface area contributed by atoms with Crippen LogP contribution in [0.3, 0.4) is 0 Å². The Balaban J connectivity index is 2.84. The highest BCUT2D eigenvalue weighted by Crippen LogP contribution is 2.13. The van der Waals surface area contributed by atoms with Crippen molar-refractivity contribution in [1.82, 2.24) is 4.72 Å². The molecule has 1 atom stereocenters. The Morgan fingerprint density at radius 1 is 1.21 bits per heavy atom. The molecule has 0 amide bonds. The minimum Gasteiger partial charge on any atom is -0.383 e. The van der Waals surface area contributed by atoms with Crippen LogP contribution in [0, 0.1) is 12.8 Å². The maximum Gasteiger partial charge on any atom is 0.240 e. The zero-order chi connectivity index (χ0) is 14.5. The van der Waals surface area contributed by atoms with Crippen LogP contribution in [0.15, 0.2) is 29.2 Å². The van der Waals surface area contributed by atoms with Crippen molar-refractivity contribution in [3.63, 3.8) is 0 Å². The van der Waals surface area contributed by atoms with Crippen LogP contribution in [0.4, 0.5) is 0 Å². The van der Waals surface area contributed by atoms with E-state index >= 15 is 0 Å². The topological polar surface area (TPSA) is 55.4 Å². The molecule has 0 fully saturated rings. The summed E-state index contributed by atoms with van der Waals surface area (Å²) >= 11 is 0. The predicted molar refractivity (Wildman–Crippen MR) is 76.6 cm³/mol. The lowest BCUT2D eigenvalue weighted by Gasteiger charge is -2.19. The molecule has 1 rings (SSSR count). The molecule has 0 unspecified atom stereocenters. The molecule has 0 bridgehead atoms. The molecule has 0 saturated heterocycles. The Morgan fingerprint density at radius 3 is 2.26 bits per heavy atom. The molecule has 4 nitrogen and oxygen atoms in total. The molecule has 108 valence electrons. The number of ether oxygens (including phenoxy) is 1. The van der Waals surface area contributed by atoms with Crippen molar-refractivity contribution in [1.29, 1.82) is 0 Å². The summed E-state index contributed by atoms with van der Waals surface area (Å²) in [5.74, 6) is 0.404. The molecular weight excluding hydrogens is 262 g/mol. The zero-order valence-electron chi connectivity index (χ0n) is 12.0. The first-order valence-electron chi connectivity index (χ1n) is 6.43. The van der Waals surface area contributed by atoms with Gasteiger partial charge in [0, 0.05) is 13.2 Å². The van der Waals surface area contributed by atoms with E-state index in [2.05, 4.69) is 18.6 Å². The molecule has 1 N–H and O–H groups in total. The molecule has 0 radical (unpaired) electrons. The van der Waals surface area contributed by atoms with E-state index < -0.39 is 10.0 Å². The van der Waals surface area contributed by atoms with Gasteiger partial charge in [0.05, 0.1) is 11.5 Å². The highest BCUT2D eigenvalue weighted by molar-refractivity contribution is 7.89. The van der Waals surface area contributed by atoms with Crippen molar-refractivity contribution in [2.75, 3.05) is 13.7 Å². The fraction of sp³-hybridized carbons (Fsp3) is 0.571. The molecule has 1 aromatic carbocycles. The third-order valence-electron chi connectivity index (χ3n) is 2.78. The number of benzene rings is 1. The van der Waals surface area contributed by atoms with Gasteiger partial charge in [0.1, 0.15) is 0 Å². The van der Waals surface area contributed by atoms with Crippen LogP contribution in [0.2, 0.25) is 0 Å². The number of aryl methyl sites for hydroxylation is 1. The molecule has 1 aromatic rings. The van der Waals surface area contributed by atoms with Crippen molar-refractivity contribution in [3.8, 4) is 0 Å². The third kappa shape index (κ3) is 5.30. The number of sulfonamides is 1. The summed E-state index contributed by atoms with van der Waals surface area (Å²) in [6.45, 7) is 6.42. The SMILES string of the molecule is COC[C@@H](CC(C)C)NS(=O)(=O)c1ccc(C)cc1. The lowest BCUT2D eigenvalue weighted by Crippen LogP contribution is -2.38. The standard InChI is InChI=1S/C14H23NO3S/c1-11(2)9-13(10-18-4)15-19(16,17)14-7-5-12(3)6-8-14/h5-8,11,13,15H,9-10H2,1-4H3/t13-/m1/s1. The molecule has 0 aliphatic rings. The second-order valence-electron chi connectivity index (χ2n) is 5.22. The van der Waals surface area contributed by atoms with E-state index in [0.717, 1.165) is 12.0 Å². The maximum atomic E-state index is 12.2. The highest BCUT2D eigenvalue weighted by atomic mass is 32.2. The number of nitrogens with one attached hydrogen (secondary N) is 1. The molecule has 0 aliphatic heterocycles. The molecule has 0 aliphatic carbocycles. The van der Waals surface area contributed by atoms with Gasteiger partial charge in [-0.1, -0.05) is 31.5 Å². The number of hydrogen-bond donors (Lipinski definition) is 1. The van der Waals surface area contributed by atoms with Gasteiger partial charge in [-0.05, 0) is 31.4 Å². The summed E-state index contributed by atoms with van der Waals surface area (Å²) in [5.41, 5.74) is 1.04. The monoisotopic (exact) mass is 285 g/mol. The smallest absolute Gasteiger partial charge is 0.240 e. The van der Waals surface area contributed by atoms with Crippen LogP contribution in [-0.4, -0.2) is 28.2 Å². The number of hydrogen-bond acceptors (Lipinski definition) is 3. The summed E-state index contributed by atoms with van der Waals surface area (Å²) in [5, 5.41) is 0. The third-order valence-corrected chi connectivity index (χ3v) is 4.31. The summed E-state index contributed by atoms with van der Waals surface area (Å²) in [4.78, 5) is 0.294. The number of rotatable bonds is 7. The van der Waals surface area contributed by atoms with Gasteiger partial charge < -0.3 is 4.74 Å². The van der Waals surface area contributed by atoms with Crippen molar-refractivity contribution in [3.05, 3.63) is 29.8 Å².